The first-order chi connectivity index (χ1) is 11.6. The van der Waals surface area contributed by atoms with Gasteiger partial charge in [-0.2, -0.15) is 0 Å². The molecule has 0 spiro atoms. The van der Waals surface area contributed by atoms with Gasteiger partial charge in [-0.3, -0.25) is 0 Å². The first-order valence-corrected chi connectivity index (χ1v) is 10.9. The molecule has 0 aliphatic rings. The van der Waals surface area contributed by atoms with Crippen molar-refractivity contribution >= 4 is 20.0 Å². The lowest BCUT2D eigenvalue weighted by molar-refractivity contribution is 0.566. The molecule has 2 aromatic carbocycles. The second kappa shape index (κ2) is 7.65. The van der Waals surface area contributed by atoms with E-state index in [1.165, 1.54) is 18.2 Å². The number of aryl methyl sites for hydroxylation is 1. The van der Waals surface area contributed by atoms with Crippen LogP contribution in [0.25, 0.3) is 0 Å². The fraction of sp³-hybridized carbons (Fsp3) is 0.294. The maximum Gasteiger partial charge on any atom is 0.241 e. The number of hydrogen-bond donors (Lipinski definition) is 2. The molecular weight excluding hydrogens is 360 g/mol. The molecule has 0 radical (unpaired) electrons. The molecule has 0 bridgehead atoms. The van der Waals surface area contributed by atoms with E-state index >= 15 is 0 Å². The van der Waals surface area contributed by atoms with Crippen molar-refractivity contribution in [3.05, 3.63) is 59.7 Å². The molecule has 0 heterocycles. The summed E-state index contributed by atoms with van der Waals surface area (Å²) in [6.45, 7) is 3.70. The topological polar surface area (TPSA) is 106 Å². The van der Waals surface area contributed by atoms with Gasteiger partial charge in [0.1, 0.15) is 0 Å². The van der Waals surface area contributed by atoms with Gasteiger partial charge in [0, 0.05) is 6.04 Å². The van der Waals surface area contributed by atoms with Crippen LogP contribution < -0.4 is 9.86 Å². The Morgan fingerprint density at radius 1 is 1.00 bits per heavy atom. The van der Waals surface area contributed by atoms with Gasteiger partial charge in [-0.15, -0.1) is 0 Å². The summed E-state index contributed by atoms with van der Waals surface area (Å²) in [7, 11) is -7.56. The van der Waals surface area contributed by atoms with Crippen molar-refractivity contribution in [2.75, 3.05) is 0 Å². The van der Waals surface area contributed by atoms with Crippen LogP contribution in [0.4, 0.5) is 0 Å². The van der Waals surface area contributed by atoms with E-state index in [4.69, 9.17) is 5.14 Å². The Labute approximate surface area is 149 Å². The van der Waals surface area contributed by atoms with Crippen molar-refractivity contribution in [1.29, 1.82) is 0 Å². The van der Waals surface area contributed by atoms with Crippen LogP contribution in [-0.4, -0.2) is 16.8 Å². The predicted molar refractivity (Wildman–Crippen MR) is 97.0 cm³/mol. The lowest BCUT2D eigenvalue weighted by Crippen LogP contribution is -2.27. The van der Waals surface area contributed by atoms with Crippen molar-refractivity contribution in [3.63, 3.8) is 0 Å². The molecule has 25 heavy (non-hydrogen) atoms. The van der Waals surface area contributed by atoms with Crippen LogP contribution in [0, 0.1) is 0 Å². The van der Waals surface area contributed by atoms with E-state index in [9.17, 15) is 16.8 Å². The zero-order valence-electron chi connectivity index (χ0n) is 14.1. The Bertz CT molecular complexity index is 937. The molecule has 0 fully saturated rings. The molecule has 6 nitrogen and oxygen atoms in total. The van der Waals surface area contributed by atoms with Gasteiger partial charge in [0.2, 0.25) is 20.0 Å². The second-order valence-corrected chi connectivity index (χ2v) is 9.13. The van der Waals surface area contributed by atoms with Crippen LogP contribution in [0.1, 0.15) is 37.4 Å². The van der Waals surface area contributed by atoms with Gasteiger partial charge in [0.25, 0.3) is 0 Å². The van der Waals surface area contributed by atoms with Crippen LogP contribution in [0.3, 0.4) is 0 Å². The molecule has 0 saturated carbocycles. The van der Waals surface area contributed by atoms with Crippen molar-refractivity contribution in [1.82, 2.24) is 4.72 Å². The number of nitrogens with one attached hydrogen (secondary N) is 1. The molecule has 0 aromatic heterocycles. The average molecular weight is 383 g/mol. The summed E-state index contributed by atoms with van der Waals surface area (Å²) in [5.74, 6) is 0. The number of rotatable bonds is 7. The first-order valence-electron chi connectivity index (χ1n) is 7.87. The molecule has 0 saturated heterocycles. The molecule has 2 aromatic rings. The monoisotopic (exact) mass is 382 g/mol. The standard InChI is InChI=1S/C17H22N2O4S2/c1-3-5-14-8-10-16(11-9-14)25(22,23)19-13(2)15-6-4-7-17(12-15)24(18,20)21/h4,6-13,19H,3,5H2,1-2H3,(H2,18,20,21). The van der Waals surface area contributed by atoms with Crippen LogP contribution in [0.2, 0.25) is 0 Å². The second-order valence-electron chi connectivity index (χ2n) is 5.85. The third-order valence-corrected chi connectivity index (χ3v) is 6.26. The Morgan fingerprint density at radius 2 is 1.64 bits per heavy atom. The van der Waals surface area contributed by atoms with Crippen molar-refractivity contribution in [2.45, 2.75) is 42.5 Å². The third-order valence-electron chi connectivity index (χ3n) is 3.79. The Balaban J connectivity index is 2.22. The lowest BCUT2D eigenvalue weighted by atomic mass is 10.1. The largest absolute Gasteiger partial charge is 0.241 e. The maximum atomic E-state index is 12.5. The highest BCUT2D eigenvalue weighted by Gasteiger charge is 2.19. The summed E-state index contributed by atoms with van der Waals surface area (Å²) in [4.78, 5) is 0.113. The number of benzene rings is 2. The molecule has 2 rings (SSSR count). The molecular formula is C17H22N2O4S2. The maximum absolute atomic E-state index is 12.5. The van der Waals surface area contributed by atoms with E-state index in [1.807, 2.05) is 0 Å². The van der Waals surface area contributed by atoms with E-state index in [2.05, 4.69) is 11.6 Å². The average Bonchev–Trinajstić information content (AvgIpc) is 2.54. The normalized spacial score (nSPS) is 13.6. The zero-order valence-corrected chi connectivity index (χ0v) is 15.8. The third kappa shape index (κ3) is 5.12. The van der Waals surface area contributed by atoms with Gasteiger partial charge in [0.15, 0.2) is 0 Å². The van der Waals surface area contributed by atoms with Gasteiger partial charge in [-0.1, -0.05) is 37.6 Å². The van der Waals surface area contributed by atoms with Crippen molar-refractivity contribution in [3.8, 4) is 0 Å². The van der Waals surface area contributed by atoms with Crippen LogP contribution in [0.5, 0.6) is 0 Å². The minimum atomic E-state index is -3.84. The zero-order chi connectivity index (χ0) is 18.7. The van der Waals surface area contributed by atoms with Crippen molar-refractivity contribution < 1.29 is 16.8 Å². The highest BCUT2D eigenvalue weighted by atomic mass is 32.2. The van der Waals surface area contributed by atoms with Crippen LogP contribution >= 0.6 is 0 Å². The van der Waals surface area contributed by atoms with E-state index in [-0.39, 0.29) is 9.79 Å². The highest BCUT2D eigenvalue weighted by Crippen LogP contribution is 2.20. The lowest BCUT2D eigenvalue weighted by Gasteiger charge is -2.15. The summed E-state index contributed by atoms with van der Waals surface area (Å²) in [5, 5.41) is 5.12. The summed E-state index contributed by atoms with van der Waals surface area (Å²) in [5.41, 5.74) is 1.59. The van der Waals surface area contributed by atoms with Gasteiger partial charge in [-0.25, -0.2) is 26.7 Å². The highest BCUT2D eigenvalue weighted by molar-refractivity contribution is 7.89. The van der Waals surface area contributed by atoms with Crippen LogP contribution in [-0.2, 0) is 26.5 Å². The van der Waals surface area contributed by atoms with E-state index in [0.29, 0.717) is 5.56 Å². The van der Waals surface area contributed by atoms with Crippen LogP contribution in [0.15, 0.2) is 58.3 Å². The minimum Gasteiger partial charge on any atom is -0.225 e. The molecule has 0 amide bonds. The fourth-order valence-electron chi connectivity index (χ4n) is 2.45. The van der Waals surface area contributed by atoms with E-state index in [0.717, 1.165) is 18.4 Å². The Hall–Kier alpha value is -1.74. The molecule has 3 N–H and O–H groups in total. The number of nitrogens with two attached hydrogens (primary N) is 1. The summed E-state index contributed by atoms with van der Waals surface area (Å²) >= 11 is 0. The summed E-state index contributed by atoms with van der Waals surface area (Å²) in [6.07, 6.45) is 1.88. The fourth-order valence-corrected chi connectivity index (χ4v) is 4.25. The quantitative estimate of drug-likeness (QED) is 0.766. The number of sulfonamides is 2. The minimum absolute atomic E-state index is 0.0556. The Kier molecular flexibility index (Phi) is 5.99. The summed E-state index contributed by atoms with van der Waals surface area (Å²) < 4.78 is 50.5. The van der Waals surface area contributed by atoms with E-state index < -0.39 is 26.1 Å². The SMILES string of the molecule is CCCc1ccc(S(=O)(=O)NC(C)c2cccc(S(N)(=O)=O)c2)cc1. The van der Waals surface area contributed by atoms with Gasteiger partial charge in [-0.05, 0) is 48.7 Å². The molecule has 8 heteroatoms. The molecule has 0 aliphatic carbocycles. The number of hydrogen-bond acceptors (Lipinski definition) is 4. The molecule has 1 atom stereocenters. The van der Waals surface area contributed by atoms with E-state index in [1.54, 1.807) is 37.3 Å². The number of primary sulfonamides is 1. The molecule has 136 valence electrons. The molecule has 0 aliphatic heterocycles. The first kappa shape index (κ1) is 19.6. The van der Waals surface area contributed by atoms with Crippen molar-refractivity contribution in [2.24, 2.45) is 5.14 Å². The van der Waals surface area contributed by atoms with Gasteiger partial charge in [0.05, 0.1) is 9.79 Å². The predicted octanol–water partition coefficient (Wildman–Crippen LogP) is 2.33. The Morgan fingerprint density at radius 3 is 2.20 bits per heavy atom. The van der Waals surface area contributed by atoms with Gasteiger partial charge < -0.3 is 0 Å². The smallest absolute Gasteiger partial charge is 0.225 e. The van der Waals surface area contributed by atoms with Gasteiger partial charge >= 0.3 is 0 Å². The molecule has 1 unspecified atom stereocenters. The summed E-state index contributed by atoms with van der Waals surface area (Å²) in [6, 6.07) is 12.0.